The number of nitriles is 1. The SMILES string of the molecule is CC(C)[C@@H]1OCC[C@@H]1C(=O)Nc1ccccc1-n1ncc(C#N)c1N. The molecule has 130 valence electrons. The second-order valence-corrected chi connectivity index (χ2v) is 6.45. The number of para-hydroxylation sites is 2. The third kappa shape index (κ3) is 3.21. The lowest BCUT2D eigenvalue weighted by Crippen LogP contribution is -2.33. The lowest BCUT2D eigenvalue weighted by molar-refractivity contribution is -0.122. The zero-order valence-corrected chi connectivity index (χ0v) is 14.3. The highest BCUT2D eigenvalue weighted by Gasteiger charge is 2.36. The Morgan fingerprint density at radius 2 is 2.24 bits per heavy atom. The van der Waals surface area contributed by atoms with Gasteiger partial charge in [-0.3, -0.25) is 4.79 Å². The Hall–Kier alpha value is -2.85. The molecular formula is C18H21N5O2. The molecule has 0 bridgehead atoms. The summed E-state index contributed by atoms with van der Waals surface area (Å²) in [7, 11) is 0. The molecule has 1 saturated heterocycles. The number of carbonyl (C=O) groups excluding carboxylic acids is 1. The van der Waals surface area contributed by atoms with Gasteiger partial charge in [0.25, 0.3) is 0 Å². The van der Waals surface area contributed by atoms with E-state index in [0.29, 0.717) is 30.0 Å². The lowest BCUT2D eigenvalue weighted by Gasteiger charge is -2.22. The molecule has 0 aliphatic carbocycles. The van der Waals surface area contributed by atoms with Gasteiger partial charge in [0.2, 0.25) is 5.91 Å². The molecule has 7 heteroatoms. The van der Waals surface area contributed by atoms with Crippen LogP contribution in [-0.2, 0) is 9.53 Å². The quantitative estimate of drug-likeness (QED) is 0.889. The second kappa shape index (κ2) is 6.95. The molecule has 25 heavy (non-hydrogen) atoms. The first-order valence-corrected chi connectivity index (χ1v) is 8.28. The van der Waals surface area contributed by atoms with Gasteiger partial charge in [0.15, 0.2) is 0 Å². The van der Waals surface area contributed by atoms with Gasteiger partial charge in [0, 0.05) is 6.61 Å². The Morgan fingerprint density at radius 3 is 2.92 bits per heavy atom. The van der Waals surface area contributed by atoms with E-state index in [1.54, 1.807) is 12.1 Å². The molecule has 0 radical (unpaired) electrons. The summed E-state index contributed by atoms with van der Waals surface area (Å²) in [4.78, 5) is 12.8. The predicted molar refractivity (Wildman–Crippen MR) is 94.0 cm³/mol. The average Bonchev–Trinajstić information content (AvgIpc) is 3.22. The second-order valence-electron chi connectivity index (χ2n) is 6.45. The molecule has 1 aliphatic heterocycles. The number of benzene rings is 1. The highest BCUT2D eigenvalue weighted by molar-refractivity contribution is 5.95. The maximum Gasteiger partial charge on any atom is 0.230 e. The molecule has 0 spiro atoms. The number of nitrogens with zero attached hydrogens (tertiary/aromatic N) is 3. The molecule has 7 nitrogen and oxygen atoms in total. The van der Waals surface area contributed by atoms with Crippen LogP contribution in [0.2, 0.25) is 0 Å². The van der Waals surface area contributed by atoms with E-state index in [1.807, 2.05) is 18.2 Å². The van der Waals surface area contributed by atoms with Gasteiger partial charge in [-0.15, -0.1) is 0 Å². The smallest absolute Gasteiger partial charge is 0.230 e. The van der Waals surface area contributed by atoms with Gasteiger partial charge in [0.05, 0.1) is 29.6 Å². The minimum absolute atomic E-state index is 0.0742. The topological polar surface area (TPSA) is 106 Å². The standard InChI is InChI=1S/C18H21N5O2/c1-11(2)16-13(7-8-25-16)18(24)22-14-5-3-4-6-15(14)23-17(20)12(9-19)10-21-23/h3-6,10-11,13,16H,7-8,20H2,1-2H3,(H,22,24)/t13-,16-/m0/s1. The number of ether oxygens (including phenoxy) is 1. The summed E-state index contributed by atoms with van der Waals surface area (Å²) in [6.07, 6.45) is 2.04. The van der Waals surface area contributed by atoms with E-state index >= 15 is 0 Å². The number of anilines is 2. The van der Waals surface area contributed by atoms with Crippen molar-refractivity contribution in [3.8, 4) is 11.8 Å². The van der Waals surface area contributed by atoms with E-state index in [2.05, 4.69) is 24.3 Å². The molecule has 0 unspecified atom stereocenters. The van der Waals surface area contributed by atoms with Crippen molar-refractivity contribution in [3.63, 3.8) is 0 Å². The third-order valence-electron chi connectivity index (χ3n) is 4.45. The van der Waals surface area contributed by atoms with E-state index in [1.165, 1.54) is 10.9 Å². The molecule has 0 saturated carbocycles. The number of hydrogen-bond donors (Lipinski definition) is 2. The van der Waals surface area contributed by atoms with Crippen molar-refractivity contribution in [3.05, 3.63) is 36.0 Å². The molecule has 1 aliphatic rings. The average molecular weight is 339 g/mol. The number of rotatable bonds is 4. The Kier molecular flexibility index (Phi) is 4.72. The van der Waals surface area contributed by atoms with Crippen molar-refractivity contribution in [2.45, 2.75) is 26.4 Å². The van der Waals surface area contributed by atoms with Crippen molar-refractivity contribution in [1.29, 1.82) is 5.26 Å². The summed E-state index contributed by atoms with van der Waals surface area (Å²) in [6, 6.07) is 9.24. The van der Waals surface area contributed by atoms with Gasteiger partial charge in [0.1, 0.15) is 17.5 Å². The normalized spacial score (nSPS) is 19.8. The molecule has 3 rings (SSSR count). The first-order valence-electron chi connectivity index (χ1n) is 8.28. The van der Waals surface area contributed by atoms with Gasteiger partial charge in [-0.1, -0.05) is 26.0 Å². The van der Waals surface area contributed by atoms with Crippen LogP contribution in [0.4, 0.5) is 11.5 Å². The van der Waals surface area contributed by atoms with E-state index < -0.39 is 0 Å². The molecule has 1 fully saturated rings. The summed E-state index contributed by atoms with van der Waals surface area (Å²) in [5.74, 6) is 0.259. The molecular weight excluding hydrogens is 318 g/mol. The number of amides is 1. The van der Waals surface area contributed by atoms with Crippen LogP contribution in [0.15, 0.2) is 30.5 Å². The van der Waals surface area contributed by atoms with E-state index in [-0.39, 0.29) is 29.7 Å². The predicted octanol–water partition coefficient (Wildman–Crippen LogP) is 2.33. The first-order chi connectivity index (χ1) is 12.0. The van der Waals surface area contributed by atoms with E-state index in [0.717, 1.165) is 0 Å². The molecule has 2 aromatic rings. The molecule has 1 amide bonds. The molecule has 1 aromatic heterocycles. The number of aromatic nitrogens is 2. The number of hydrogen-bond acceptors (Lipinski definition) is 5. The van der Waals surface area contributed by atoms with Crippen LogP contribution in [0.25, 0.3) is 5.69 Å². The zero-order valence-electron chi connectivity index (χ0n) is 14.3. The van der Waals surface area contributed by atoms with Crippen LogP contribution >= 0.6 is 0 Å². The molecule has 3 N–H and O–H groups in total. The van der Waals surface area contributed by atoms with E-state index in [4.69, 9.17) is 15.7 Å². The Labute approximate surface area is 146 Å². The van der Waals surface area contributed by atoms with Gasteiger partial charge in [-0.05, 0) is 24.5 Å². The first kappa shape index (κ1) is 17.0. The molecule has 2 atom stereocenters. The summed E-state index contributed by atoms with van der Waals surface area (Å²) in [5.41, 5.74) is 7.49. The maximum absolute atomic E-state index is 12.8. The number of carbonyl (C=O) groups is 1. The minimum Gasteiger partial charge on any atom is -0.382 e. The highest BCUT2D eigenvalue weighted by Crippen LogP contribution is 2.29. The fraction of sp³-hybridized carbons (Fsp3) is 0.389. The van der Waals surface area contributed by atoms with Crippen molar-refractivity contribution >= 4 is 17.4 Å². The Morgan fingerprint density at radius 1 is 1.48 bits per heavy atom. The van der Waals surface area contributed by atoms with Gasteiger partial charge >= 0.3 is 0 Å². The fourth-order valence-electron chi connectivity index (χ4n) is 3.17. The van der Waals surface area contributed by atoms with Gasteiger partial charge < -0.3 is 15.8 Å². The van der Waals surface area contributed by atoms with Gasteiger partial charge in [-0.25, -0.2) is 4.68 Å². The van der Waals surface area contributed by atoms with Crippen LogP contribution in [0.3, 0.4) is 0 Å². The maximum atomic E-state index is 12.8. The van der Waals surface area contributed by atoms with Crippen LogP contribution < -0.4 is 11.1 Å². The van der Waals surface area contributed by atoms with Crippen molar-refractivity contribution in [1.82, 2.24) is 9.78 Å². The minimum atomic E-state index is -0.183. The number of nitrogens with two attached hydrogens (primary N) is 1. The van der Waals surface area contributed by atoms with Crippen LogP contribution in [0.1, 0.15) is 25.8 Å². The highest BCUT2D eigenvalue weighted by atomic mass is 16.5. The summed E-state index contributed by atoms with van der Waals surface area (Å²) in [5, 5.41) is 16.2. The third-order valence-corrected chi connectivity index (χ3v) is 4.45. The number of nitrogen functional groups attached to an aromatic ring is 1. The van der Waals surface area contributed by atoms with Crippen LogP contribution in [0.5, 0.6) is 0 Å². The van der Waals surface area contributed by atoms with Crippen molar-refractivity contribution < 1.29 is 9.53 Å². The molecule has 1 aromatic carbocycles. The summed E-state index contributed by atoms with van der Waals surface area (Å²) < 4.78 is 7.16. The zero-order chi connectivity index (χ0) is 18.0. The Bertz CT molecular complexity index is 821. The monoisotopic (exact) mass is 339 g/mol. The lowest BCUT2D eigenvalue weighted by atomic mass is 9.92. The Balaban J connectivity index is 1.88. The van der Waals surface area contributed by atoms with E-state index in [9.17, 15) is 4.79 Å². The summed E-state index contributed by atoms with van der Waals surface area (Å²) >= 11 is 0. The van der Waals surface area contributed by atoms with Crippen LogP contribution in [0, 0.1) is 23.2 Å². The van der Waals surface area contributed by atoms with Gasteiger partial charge in [-0.2, -0.15) is 10.4 Å². The summed E-state index contributed by atoms with van der Waals surface area (Å²) in [6.45, 7) is 4.70. The number of nitrogens with one attached hydrogen (secondary N) is 1. The van der Waals surface area contributed by atoms with Crippen LogP contribution in [-0.4, -0.2) is 28.4 Å². The fourth-order valence-corrected chi connectivity index (χ4v) is 3.17. The molecule has 2 heterocycles. The van der Waals surface area contributed by atoms with Crippen molar-refractivity contribution in [2.75, 3.05) is 17.7 Å². The largest absolute Gasteiger partial charge is 0.382 e. The van der Waals surface area contributed by atoms with Crippen molar-refractivity contribution in [2.24, 2.45) is 11.8 Å².